The minimum atomic E-state index is -3.67. The van der Waals surface area contributed by atoms with Gasteiger partial charge in [0.2, 0.25) is 10.0 Å². The largest absolute Gasteiger partial charge is 0.465 e. The van der Waals surface area contributed by atoms with Gasteiger partial charge >= 0.3 is 5.97 Å². The van der Waals surface area contributed by atoms with E-state index in [-0.39, 0.29) is 23.9 Å². The maximum Gasteiger partial charge on any atom is 0.321 e. The highest BCUT2D eigenvalue weighted by atomic mass is 32.2. The molecule has 0 fully saturated rings. The molecule has 0 aliphatic carbocycles. The molecule has 0 bridgehead atoms. The molecule has 0 heterocycles. The number of hydrogen-bond donors (Lipinski definition) is 1. The van der Waals surface area contributed by atoms with E-state index in [1.54, 1.807) is 31.2 Å². The van der Waals surface area contributed by atoms with Crippen LogP contribution < -0.4 is 5.73 Å². The van der Waals surface area contributed by atoms with E-state index < -0.39 is 16.0 Å². The molecule has 0 aromatic heterocycles. The summed E-state index contributed by atoms with van der Waals surface area (Å²) in [7, 11) is -2.34. The Hall–Kier alpha value is -1.51. The molecule has 0 atom stereocenters. The third-order valence-corrected chi connectivity index (χ3v) is 4.73. The van der Waals surface area contributed by atoms with Crippen LogP contribution in [-0.4, -0.2) is 43.9 Å². The Morgan fingerprint density at radius 2 is 2.00 bits per heavy atom. The van der Waals surface area contributed by atoms with Crippen LogP contribution in [0.4, 0.5) is 0 Å². The van der Waals surface area contributed by atoms with Gasteiger partial charge in [-0.05, 0) is 12.5 Å². The van der Waals surface area contributed by atoms with E-state index in [1.807, 2.05) is 0 Å². The molecule has 0 unspecified atom stereocenters. The van der Waals surface area contributed by atoms with Gasteiger partial charge in [-0.25, -0.2) is 8.42 Å². The van der Waals surface area contributed by atoms with Crippen LogP contribution in [-0.2, 0) is 25.3 Å². The summed E-state index contributed by atoms with van der Waals surface area (Å²) in [5.41, 5.74) is 6.59. The summed E-state index contributed by atoms with van der Waals surface area (Å²) in [6.07, 6.45) is 0. The molecule has 1 aromatic rings. The molecule has 1 aromatic carbocycles. The van der Waals surface area contributed by atoms with Crippen LogP contribution in [0.5, 0.6) is 0 Å². The molecule has 0 saturated heterocycles. The summed E-state index contributed by atoms with van der Waals surface area (Å²) in [4.78, 5) is 11.5. The minimum Gasteiger partial charge on any atom is -0.465 e. The van der Waals surface area contributed by atoms with Crippen LogP contribution in [0.3, 0.4) is 0 Å². The van der Waals surface area contributed by atoms with Gasteiger partial charge in [-0.2, -0.15) is 4.31 Å². The van der Waals surface area contributed by atoms with E-state index in [9.17, 15) is 13.2 Å². The average molecular weight is 330 g/mol. The van der Waals surface area contributed by atoms with E-state index in [0.717, 1.165) is 4.31 Å². The molecule has 0 spiro atoms. The van der Waals surface area contributed by atoms with Crippen molar-refractivity contribution in [1.82, 2.24) is 4.31 Å². The zero-order valence-electron chi connectivity index (χ0n) is 11.9. The number of rotatable bonds is 7. The van der Waals surface area contributed by atoms with Gasteiger partial charge in [0.1, 0.15) is 11.5 Å². The van der Waals surface area contributed by atoms with Gasteiger partial charge in [0.25, 0.3) is 0 Å². The molecule has 0 saturated carbocycles. The number of hydrogen-bond acceptors (Lipinski definition) is 5. The SMILES string of the molecule is CCOC(=O)CN(C)S(=O)(=O)Cc1ccccc1C(N)=S. The highest BCUT2D eigenvalue weighted by Crippen LogP contribution is 2.14. The maximum atomic E-state index is 12.2. The van der Waals surface area contributed by atoms with Gasteiger partial charge < -0.3 is 10.5 Å². The summed E-state index contributed by atoms with van der Waals surface area (Å²) in [6.45, 7) is 1.53. The van der Waals surface area contributed by atoms with Crippen LogP contribution >= 0.6 is 12.2 Å². The molecule has 8 heteroatoms. The topological polar surface area (TPSA) is 89.7 Å². The van der Waals surface area contributed by atoms with Gasteiger partial charge in [-0.15, -0.1) is 0 Å². The zero-order valence-corrected chi connectivity index (χ0v) is 13.5. The van der Waals surface area contributed by atoms with Crippen molar-refractivity contribution in [2.45, 2.75) is 12.7 Å². The van der Waals surface area contributed by atoms with E-state index >= 15 is 0 Å². The zero-order chi connectivity index (χ0) is 16.0. The number of ether oxygens (including phenoxy) is 1. The lowest BCUT2D eigenvalue weighted by Gasteiger charge is -2.17. The molecule has 1 rings (SSSR count). The number of carbonyl (C=O) groups excluding carboxylic acids is 1. The van der Waals surface area contributed by atoms with Gasteiger partial charge in [0.15, 0.2) is 0 Å². The van der Waals surface area contributed by atoms with Crippen molar-refractivity contribution in [3.8, 4) is 0 Å². The second kappa shape index (κ2) is 7.48. The summed E-state index contributed by atoms with van der Waals surface area (Å²) in [5.74, 6) is -0.873. The number of benzene rings is 1. The smallest absolute Gasteiger partial charge is 0.321 e. The molecule has 0 aliphatic rings. The number of nitrogens with zero attached hydrogens (tertiary/aromatic N) is 1. The van der Waals surface area contributed by atoms with Crippen molar-refractivity contribution in [3.63, 3.8) is 0 Å². The lowest BCUT2D eigenvalue weighted by Crippen LogP contribution is -2.34. The van der Waals surface area contributed by atoms with E-state index in [0.29, 0.717) is 11.1 Å². The minimum absolute atomic E-state index is 0.133. The highest BCUT2D eigenvalue weighted by molar-refractivity contribution is 7.88. The number of nitrogens with two attached hydrogens (primary N) is 1. The number of carbonyl (C=O) groups is 1. The Labute approximate surface area is 129 Å². The molecule has 116 valence electrons. The average Bonchev–Trinajstić information content (AvgIpc) is 2.38. The Kier molecular flexibility index (Phi) is 6.25. The predicted octanol–water partition coefficient (Wildman–Crippen LogP) is 0.646. The number of sulfonamides is 1. The van der Waals surface area contributed by atoms with Crippen molar-refractivity contribution < 1.29 is 17.9 Å². The van der Waals surface area contributed by atoms with Crippen molar-refractivity contribution >= 4 is 33.2 Å². The van der Waals surface area contributed by atoms with Crippen LogP contribution in [0.25, 0.3) is 0 Å². The first-order valence-corrected chi connectivity index (χ1v) is 8.27. The Morgan fingerprint density at radius 3 is 2.57 bits per heavy atom. The highest BCUT2D eigenvalue weighted by Gasteiger charge is 2.23. The van der Waals surface area contributed by atoms with Crippen LogP contribution in [0, 0.1) is 0 Å². The van der Waals surface area contributed by atoms with E-state index in [4.69, 9.17) is 22.7 Å². The third kappa shape index (κ3) is 5.07. The fraction of sp³-hybridized carbons (Fsp3) is 0.385. The predicted molar refractivity (Wildman–Crippen MR) is 84.2 cm³/mol. The van der Waals surface area contributed by atoms with Gasteiger partial charge in [-0.3, -0.25) is 4.79 Å². The van der Waals surface area contributed by atoms with Crippen molar-refractivity contribution in [2.75, 3.05) is 20.2 Å². The molecule has 0 aliphatic heterocycles. The van der Waals surface area contributed by atoms with Crippen molar-refractivity contribution in [1.29, 1.82) is 0 Å². The standard InChI is InChI=1S/C13H18N2O4S2/c1-3-19-12(16)8-15(2)21(17,18)9-10-6-4-5-7-11(10)13(14)20/h4-7H,3,8-9H2,1-2H3,(H2,14,20). The Bertz CT molecular complexity index is 629. The third-order valence-electron chi connectivity index (χ3n) is 2.75. The number of thiocarbonyl (C=S) groups is 1. The van der Waals surface area contributed by atoms with Gasteiger partial charge in [-0.1, -0.05) is 36.5 Å². The molecular formula is C13H18N2O4S2. The first-order chi connectivity index (χ1) is 9.77. The fourth-order valence-corrected chi connectivity index (χ4v) is 3.05. The van der Waals surface area contributed by atoms with Crippen LogP contribution in [0.1, 0.15) is 18.1 Å². The number of esters is 1. The molecule has 21 heavy (non-hydrogen) atoms. The monoisotopic (exact) mass is 330 g/mol. The lowest BCUT2D eigenvalue weighted by molar-refractivity contribution is -0.143. The van der Waals surface area contributed by atoms with E-state index in [2.05, 4.69) is 0 Å². The summed E-state index contributed by atoms with van der Waals surface area (Å²) in [6, 6.07) is 6.74. The second-order valence-corrected chi connectivity index (χ2v) is 6.85. The Balaban J connectivity index is 2.90. The Morgan fingerprint density at radius 1 is 1.38 bits per heavy atom. The molecule has 0 radical (unpaired) electrons. The first kappa shape index (κ1) is 17.5. The van der Waals surface area contributed by atoms with Gasteiger partial charge in [0, 0.05) is 12.6 Å². The second-order valence-electron chi connectivity index (χ2n) is 4.34. The van der Waals surface area contributed by atoms with Crippen LogP contribution in [0.2, 0.25) is 0 Å². The maximum absolute atomic E-state index is 12.2. The molecular weight excluding hydrogens is 312 g/mol. The summed E-state index contributed by atoms with van der Waals surface area (Å²) in [5, 5.41) is 0. The first-order valence-electron chi connectivity index (χ1n) is 6.25. The molecule has 0 amide bonds. The summed E-state index contributed by atoms with van der Waals surface area (Å²) < 4.78 is 30.2. The fourth-order valence-electron chi connectivity index (χ4n) is 1.68. The molecule has 6 nitrogen and oxygen atoms in total. The van der Waals surface area contributed by atoms with Crippen LogP contribution in [0.15, 0.2) is 24.3 Å². The van der Waals surface area contributed by atoms with E-state index in [1.165, 1.54) is 7.05 Å². The normalized spacial score (nSPS) is 11.4. The van der Waals surface area contributed by atoms with Crippen molar-refractivity contribution in [3.05, 3.63) is 35.4 Å². The van der Waals surface area contributed by atoms with Crippen molar-refractivity contribution in [2.24, 2.45) is 5.73 Å². The quantitative estimate of drug-likeness (QED) is 0.583. The number of likely N-dealkylation sites (N-methyl/N-ethyl adjacent to an activating group) is 1. The molecule has 2 N–H and O–H groups in total. The summed E-state index contributed by atoms with van der Waals surface area (Å²) >= 11 is 4.90. The van der Waals surface area contributed by atoms with Gasteiger partial charge in [0.05, 0.1) is 12.4 Å². The lowest BCUT2D eigenvalue weighted by atomic mass is 10.1.